The molecule has 0 spiro atoms. The molecule has 150 valence electrons. The normalized spacial score (nSPS) is 11.0. The zero-order valence-electron chi connectivity index (χ0n) is 17.0. The van der Waals surface area contributed by atoms with Gasteiger partial charge in [0.25, 0.3) is 5.56 Å². The fraction of sp³-hybridized carbons (Fsp3) is 0.160. The van der Waals surface area contributed by atoms with Crippen LogP contribution in [0.2, 0.25) is 0 Å². The van der Waals surface area contributed by atoms with Crippen molar-refractivity contribution in [3.8, 4) is 11.3 Å². The number of rotatable bonds is 5. The van der Waals surface area contributed by atoms with Crippen LogP contribution in [0, 0.1) is 0 Å². The van der Waals surface area contributed by atoms with E-state index in [2.05, 4.69) is 24.3 Å². The SMILES string of the molecule is CC(C)c1ccc(NC(=O)Cn2nc(-c3cccc4ccccc34)ccc2=O)cc1. The van der Waals surface area contributed by atoms with Gasteiger partial charge in [-0.2, -0.15) is 5.10 Å². The Balaban J connectivity index is 1.57. The van der Waals surface area contributed by atoms with Gasteiger partial charge in [0.15, 0.2) is 0 Å². The molecule has 0 aliphatic rings. The van der Waals surface area contributed by atoms with Crippen molar-refractivity contribution in [2.24, 2.45) is 0 Å². The van der Waals surface area contributed by atoms with Gasteiger partial charge in [-0.05, 0) is 40.5 Å². The lowest BCUT2D eigenvalue weighted by Gasteiger charge is -2.11. The Morgan fingerprint density at radius 3 is 2.43 bits per heavy atom. The van der Waals surface area contributed by atoms with Crippen LogP contribution >= 0.6 is 0 Å². The number of hydrogen-bond acceptors (Lipinski definition) is 3. The van der Waals surface area contributed by atoms with Crippen LogP contribution in [0.3, 0.4) is 0 Å². The molecule has 30 heavy (non-hydrogen) atoms. The molecule has 0 fully saturated rings. The average molecular weight is 397 g/mol. The molecule has 1 amide bonds. The minimum atomic E-state index is -0.315. The van der Waals surface area contributed by atoms with Gasteiger partial charge in [-0.25, -0.2) is 4.68 Å². The van der Waals surface area contributed by atoms with Crippen LogP contribution in [0.15, 0.2) is 83.7 Å². The quantitative estimate of drug-likeness (QED) is 0.525. The number of hydrogen-bond donors (Lipinski definition) is 1. The maximum atomic E-state index is 12.5. The molecule has 0 bridgehead atoms. The number of nitrogens with one attached hydrogen (secondary N) is 1. The third-order valence-corrected chi connectivity index (χ3v) is 5.09. The highest BCUT2D eigenvalue weighted by Gasteiger charge is 2.10. The number of anilines is 1. The van der Waals surface area contributed by atoms with Crippen molar-refractivity contribution < 1.29 is 4.79 Å². The third kappa shape index (κ3) is 4.15. The van der Waals surface area contributed by atoms with E-state index in [-0.39, 0.29) is 18.0 Å². The minimum absolute atomic E-state index is 0.149. The summed E-state index contributed by atoms with van der Waals surface area (Å²) in [5, 5.41) is 9.43. The molecule has 4 rings (SSSR count). The Hall–Kier alpha value is -3.73. The van der Waals surface area contributed by atoms with E-state index in [4.69, 9.17) is 0 Å². The van der Waals surface area contributed by atoms with Crippen molar-refractivity contribution >= 4 is 22.4 Å². The molecule has 0 aliphatic heterocycles. The molecule has 1 aromatic heterocycles. The number of amides is 1. The highest BCUT2D eigenvalue weighted by molar-refractivity contribution is 5.95. The maximum Gasteiger partial charge on any atom is 0.267 e. The topological polar surface area (TPSA) is 64.0 Å². The summed E-state index contributed by atoms with van der Waals surface area (Å²) in [6.07, 6.45) is 0. The summed E-state index contributed by atoms with van der Waals surface area (Å²) in [5.41, 5.74) is 3.16. The summed E-state index contributed by atoms with van der Waals surface area (Å²) in [6, 6.07) is 24.9. The lowest BCUT2D eigenvalue weighted by Crippen LogP contribution is -2.29. The molecule has 0 saturated carbocycles. The van der Waals surface area contributed by atoms with Crippen LogP contribution in [0.25, 0.3) is 22.0 Å². The number of carbonyl (C=O) groups excluding carboxylic acids is 1. The molecule has 1 heterocycles. The molecular formula is C25H23N3O2. The van der Waals surface area contributed by atoms with Gasteiger partial charge in [-0.1, -0.05) is 68.4 Å². The number of nitrogens with zero attached hydrogens (tertiary/aromatic N) is 2. The largest absolute Gasteiger partial charge is 0.324 e. The highest BCUT2D eigenvalue weighted by Crippen LogP contribution is 2.26. The number of benzene rings is 3. The summed E-state index contributed by atoms with van der Waals surface area (Å²) < 4.78 is 1.20. The summed E-state index contributed by atoms with van der Waals surface area (Å²) in [4.78, 5) is 24.8. The Morgan fingerprint density at radius 2 is 1.67 bits per heavy atom. The predicted molar refractivity (Wildman–Crippen MR) is 121 cm³/mol. The molecule has 0 saturated heterocycles. The Labute approximate surface area is 175 Å². The van der Waals surface area contributed by atoms with Gasteiger partial charge in [0.1, 0.15) is 6.54 Å². The Bertz CT molecular complexity index is 1250. The monoisotopic (exact) mass is 397 g/mol. The van der Waals surface area contributed by atoms with E-state index in [0.29, 0.717) is 17.3 Å². The molecule has 0 unspecified atom stereocenters. The lowest BCUT2D eigenvalue weighted by molar-refractivity contribution is -0.117. The third-order valence-electron chi connectivity index (χ3n) is 5.09. The van der Waals surface area contributed by atoms with Crippen molar-refractivity contribution in [2.45, 2.75) is 26.3 Å². The zero-order valence-corrected chi connectivity index (χ0v) is 17.0. The van der Waals surface area contributed by atoms with Gasteiger partial charge in [0.2, 0.25) is 5.91 Å². The molecule has 1 N–H and O–H groups in total. The average Bonchev–Trinajstić information content (AvgIpc) is 2.75. The molecular weight excluding hydrogens is 374 g/mol. The Kier molecular flexibility index (Phi) is 5.44. The van der Waals surface area contributed by atoms with Gasteiger partial charge in [-0.15, -0.1) is 0 Å². The maximum absolute atomic E-state index is 12.5. The smallest absolute Gasteiger partial charge is 0.267 e. The zero-order chi connectivity index (χ0) is 21.1. The first-order valence-corrected chi connectivity index (χ1v) is 9.97. The number of carbonyl (C=O) groups is 1. The minimum Gasteiger partial charge on any atom is -0.324 e. The molecule has 0 aliphatic carbocycles. The molecule has 5 heteroatoms. The molecule has 3 aromatic carbocycles. The van der Waals surface area contributed by atoms with E-state index < -0.39 is 0 Å². The van der Waals surface area contributed by atoms with Crippen molar-refractivity contribution in [1.29, 1.82) is 0 Å². The van der Waals surface area contributed by atoms with E-state index in [9.17, 15) is 9.59 Å². The van der Waals surface area contributed by atoms with E-state index in [1.54, 1.807) is 6.07 Å². The van der Waals surface area contributed by atoms with Gasteiger partial charge in [0.05, 0.1) is 5.69 Å². The van der Waals surface area contributed by atoms with Crippen LogP contribution in [0.1, 0.15) is 25.3 Å². The summed E-state index contributed by atoms with van der Waals surface area (Å²) in [7, 11) is 0. The van der Waals surface area contributed by atoms with Gasteiger partial charge in [-0.3, -0.25) is 9.59 Å². The number of aromatic nitrogens is 2. The standard InChI is InChI=1S/C25H23N3O2/c1-17(2)18-10-12-20(13-11-18)26-24(29)16-28-25(30)15-14-23(27-28)22-9-5-7-19-6-3-4-8-21(19)22/h3-15,17H,16H2,1-2H3,(H,26,29). The molecule has 5 nitrogen and oxygen atoms in total. The second-order valence-electron chi connectivity index (χ2n) is 7.57. The first-order valence-electron chi connectivity index (χ1n) is 9.97. The first-order chi connectivity index (χ1) is 14.5. The fourth-order valence-corrected chi connectivity index (χ4v) is 3.44. The second kappa shape index (κ2) is 8.33. The van der Waals surface area contributed by atoms with Crippen molar-refractivity contribution in [3.63, 3.8) is 0 Å². The molecule has 0 atom stereocenters. The van der Waals surface area contributed by atoms with Gasteiger partial charge in [0, 0.05) is 17.3 Å². The molecule has 0 radical (unpaired) electrons. The summed E-state index contributed by atoms with van der Waals surface area (Å²) in [6.45, 7) is 4.09. The van der Waals surface area contributed by atoms with E-state index in [1.807, 2.05) is 66.7 Å². The van der Waals surface area contributed by atoms with Gasteiger partial charge < -0.3 is 5.32 Å². The van der Waals surface area contributed by atoms with Crippen LogP contribution in [-0.2, 0) is 11.3 Å². The van der Waals surface area contributed by atoms with Crippen molar-refractivity contribution in [3.05, 3.63) is 94.8 Å². The van der Waals surface area contributed by atoms with Crippen LogP contribution < -0.4 is 10.9 Å². The van der Waals surface area contributed by atoms with Gasteiger partial charge >= 0.3 is 0 Å². The summed E-state index contributed by atoms with van der Waals surface area (Å²) in [5.74, 6) is 0.131. The highest BCUT2D eigenvalue weighted by atomic mass is 16.2. The second-order valence-corrected chi connectivity index (χ2v) is 7.57. The van der Waals surface area contributed by atoms with Crippen molar-refractivity contribution in [1.82, 2.24) is 9.78 Å². The van der Waals surface area contributed by atoms with E-state index in [1.165, 1.54) is 16.3 Å². The predicted octanol–water partition coefficient (Wildman–Crippen LogP) is 4.83. The first kappa shape index (κ1) is 19.6. The fourth-order valence-electron chi connectivity index (χ4n) is 3.44. The Morgan fingerprint density at radius 1 is 0.933 bits per heavy atom. The van der Waals surface area contributed by atoms with Crippen LogP contribution in [-0.4, -0.2) is 15.7 Å². The van der Waals surface area contributed by atoms with Crippen LogP contribution in [0.5, 0.6) is 0 Å². The van der Waals surface area contributed by atoms with E-state index >= 15 is 0 Å². The lowest BCUT2D eigenvalue weighted by atomic mass is 10.0. The number of fused-ring (bicyclic) bond motifs is 1. The summed E-state index contributed by atoms with van der Waals surface area (Å²) >= 11 is 0. The van der Waals surface area contributed by atoms with Crippen LogP contribution in [0.4, 0.5) is 5.69 Å². The van der Waals surface area contributed by atoms with Crippen molar-refractivity contribution in [2.75, 3.05) is 5.32 Å². The molecule has 4 aromatic rings. The van der Waals surface area contributed by atoms with E-state index in [0.717, 1.165) is 16.3 Å².